The molecule has 0 spiro atoms. The second-order valence-corrected chi connectivity index (χ2v) is 26.2. The van der Waals surface area contributed by atoms with E-state index >= 15 is 0 Å². The molecule has 0 aliphatic rings. The van der Waals surface area contributed by atoms with Gasteiger partial charge in [0.1, 0.15) is 39.5 Å². The zero-order valence-electron chi connectivity index (χ0n) is 51.8. The molecule has 0 atom stereocenters. The summed E-state index contributed by atoms with van der Waals surface area (Å²) in [6.45, 7) is 8.57. The van der Waals surface area contributed by atoms with E-state index < -0.39 is 0 Å². The van der Waals surface area contributed by atoms with Crippen LogP contribution in [0.2, 0.25) is 0 Å². The van der Waals surface area contributed by atoms with Gasteiger partial charge < -0.3 is 27.6 Å². The van der Waals surface area contributed by atoms with Gasteiger partial charge >= 0.3 is 0 Å². The fourth-order valence-corrected chi connectivity index (χ4v) is 16.1. The van der Waals surface area contributed by atoms with Crippen molar-refractivity contribution in [1.29, 1.82) is 0 Å². The average Bonchev–Trinajstić information content (AvgIpc) is 1.65. The molecule has 0 aliphatic carbocycles. The summed E-state index contributed by atoms with van der Waals surface area (Å²) in [5.41, 5.74) is 19.6. The highest BCUT2D eigenvalue weighted by Gasteiger charge is 2.24. The quantitative estimate of drug-likeness (QED) is 0.171. The molecule has 448 valence electrons. The number of aryl methyl sites for hydroxylation is 8. The second kappa shape index (κ2) is 21.2. The standard InChI is InChI=1S/C19H17N4.2C19H15N2O2.C19H15N2S2/c1-12-10-14-16(11-17(12)23-9-5-8-22(23)2)21-19-18(14)13-6-3-4-7-15(13)20-19;1-12-8-9-14-17(16(12)21-11-5-10-20(21)2)23-18-13-6-3-4-7-15(13)22-19(14)18;1-12-10-14-17(11-15(12)21-9-5-8-20(21)2)23-18-13-6-3-4-7-16(13)22-19(14)18;1-12-10-14-17(11-15(12)21-9-5-8-20(21)2)23-19-18(14)13-6-3-4-7-16(13)22-19/h3-11,20-21H,1-2H3;3*3-11H,1-2H3/q4*+1. The van der Waals surface area contributed by atoms with Crippen molar-refractivity contribution in [1.82, 2.24) is 28.7 Å². The first-order valence-electron chi connectivity index (χ1n) is 30.6. The Morgan fingerprint density at radius 3 is 1.45 bits per heavy atom. The molecular formula is C76H62N10O4S2+4. The lowest BCUT2D eigenvalue weighted by Gasteiger charge is -2.05. The van der Waals surface area contributed by atoms with Crippen LogP contribution in [0.3, 0.4) is 0 Å². The van der Waals surface area contributed by atoms with E-state index in [4.69, 9.17) is 17.7 Å². The van der Waals surface area contributed by atoms with Crippen molar-refractivity contribution >= 4 is 151 Å². The zero-order valence-corrected chi connectivity index (χ0v) is 53.4. The van der Waals surface area contributed by atoms with Crippen LogP contribution in [-0.2, 0) is 28.2 Å². The third-order valence-corrected chi connectivity index (χ3v) is 20.4. The molecule has 0 radical (unpaired) electrons. The summed E-state index contributed by atoms with van der Waals surface area (Å²) in [6, 6.07) is 58.9. The number of furan rings is 4. The fourth-order valence-electron chi connectivity index (χ4n) is 13.5. The third kappa shape index (κ3) is 8.73. The predicted molar refractivity (Wildman–Crippen MR) is 370 cm³/mol. The number of nitrogens with one attached hydrogen (secondary N) is 2. The van der Waals surface area contributed by atoms with Gasteiger partial charge in [-0.1, -0.05) is 66.7 Å². The predicted octanol–water partition coefficient (Wildman–Crippen LogP) is 17.4. The summed E-state index contributed by atoms with van der Waals surface area (Å²) in [5, 5.41) is 12.1. The largest absolute Gasteiger partial charge is 0.452 e. The molecule has 0 fully saturated rings. The maximum atomic E-state index is 6.27. The second-order valence-electron chi connectivity index (χ2n) is 23.8. The Bertz CT molecular complexity index is 6030. The van der Waals surface area contributed by atoms with Gasteiger partial charge in [0.15, 0.2) is 86.6 Å². The molecule has 0 saturated heterocycles. The molecule has 2 N–H and O–H groups in total. The summed E-state index contributed by atoms with van der Waals surface area (Å²) in [6.07, 6.45) is 16.4. The van der Waals surface area contributed by atoms with Gasteiger partial charge in [-0.15, -0.1) is 60.1 Å². The summed E-state index contributed by atoms with van der Waals surface area (Å²) >= 11 is 3.82. The van der Waals surface area contributed by atoms with E-state index in [1.807, 2.05) is 132 Å². The summed E-state index contributed by atoms with van der Waals surface area (Å²) in [7, 11) is 8.16. The Kier molecular flexibility index (Phi) is 12.7. The van der Waals surface area contributed by atoms with Gasteiger partial charge in [0.25, 0.3) is 0 Å². The minimum Gasteiger partial charge on any atom is -0.452 e. The molecular weight excluding hydrogens is 1180 g/mol. The highest BCUT2D eigenvalue weighted by molar-refractivity contribution is 7.44. The fraction of sp³-hybridized carbons (Fsp3) is 0.105. The van der Waals surface area contributed by atoms with E-state index in [1.54, 1.807) is 0 Å². The molecule has 0 bridgehead atoms. The number of aromatic nitrogens is 10. The van der Waals surface area contributed by atoms with E-state index in [0.717, 1.165) is 94.3 Å². The maximum absolute atomic E-state index is 6.27. The van der Waals surface area contributed by atoms with Gasteiger partial charge in [0.05, 0.1) is 50.3 Å². The van der Waals surface area contributed by atoms with E-state index in [-0.39, 0.29) is 0 Å². The molecule has 8 aromatic carbocycles. The van der Waals surface area contributed by atoms with Crippen LogP contribution in [0.15, 0.2) is 237 Å². The normalized spacial score (nSPS) is 11.9. The number of thiophene rings is 2. The van der Waals surface area contributed by atoms with Crippen LogP contribution in [-0.4, -0.2) is 28.7 Å². The van der Waals surface area contributed by atoms with Crippen molar-refractivity contribution in [2.45, 2.75) is 27.7 Å². The van der Waals surface area contributed by atoms with Crippen LogP contribution in [0.1, 0.15) is 22.3 Å². The number of fused-ring (bicyclic) bond motifs is 20. The SMILES string of the molecule is Cc1cc2c(cc1-n1ccc[n+]1C)[nH]c1[nH]c3ccccc3c12.Cc1cc2c(cc1-n1ccc[n+]1C)oc1c3ccccc3oc21.Cc1cc2c(cc1-n1ccc[n+]1C)sc1sc3ccccc3c12.Cc1ccc2c(oc3c4ccccc4oc23)c1-n1ccc[n+]1C. The Morgan fingerprint density at radius 1 is 0.337 bits per heavy atom. The number of benzene rings is 8. The highest BCUT2D eigenvalue weighted by Crippen LogP contribution is 2.46. The number of hydrogen-bond acceptors (Lipinski definition) is 6. The summed E-state index contributed by atoms with van der Waals surface area (Å²) < 4.78 is 45.4. The van der Waals surface area contributed by atoms with E-state index in [9.17, 15) is 0 Å². The number of aromatic amines is 2. The van der Waals surface area contributed by atoms with Gasteiger partial charge in [0.2, 0.25) is 0 Å². The molecule has 20 aromatic rings. The van der Waals surface area contributed by atoms with Crippen molar-refractivity contribution in [3.8, 4) is 22.7 Å². The van der Waals surface area contributed by atoms with Crippen LogP contribution in [0.4, 0.5) is 0 Å². The topological polar surface area (TPSA) is 119 Å². The number of para-hydroxylation sites is 3. The molecule has 20 rings (SSSR count). The molecule has 12 aromatic heterocycles. The van der Waals surface area contributed by atoms with E-state index in [0.29, 0.717) is 0 Å². The molecule has 0 aliphatic heterocycles. The van der Waals surface area contributed by atoms with Gasteiger partial charge in [-0.2, -0.15) is 0 Å². The summed E-state index contributed by atoms with van der Waals surface area (Å²) in [4.78, 5) is 7.02. The lowest BCUT2D eigenvalue weighted by atomic mass is 10.1. The van der Waals surface area contributed by atoms with Crippen molar-refractivity contribution in [2.75, 3.05) is 0 Å². The maximum Gasteiger partial charge on any atom is 0.195 e. The minimum absolute atomic E-state index is 0.817. The van der Waals surface area contributed by atoms with Gasteiger partial charge in [-0.3, -0.25) is 0 Å². The molecule has 14 nitrogen and oxygen atoms in total. The Balaban J connectivity index is 0.0000000939. The zero-order chi connectivity index (χ0) is 62.2. The molecule has 0 amide bonds. The van der Waals surface area contributed by atoms with Crippen LogP contribution in [0.25, 0.3) is 151 Å². The molecule has 12 heterocycles. The van der Waals surface area contributed by atoms with Crippen LogP contribution < -0.4 is 18.7 Å². The lowest BCUT2D eigenvalue weighted by molar-refractivity contribution is -0.744. The Morgan fingerprint density at radius 2 is 0.815 bits per heavy atom. The van der Waals surface area contributed by atoms with Crippen LogP contribution in [0.5, 0.6) is 0 Å². The number of rotatable bonds is 4. The Hall–Kier alpha value is -11.2. The molecule has 0 saturated carbocycles. The first-order chi connectivity index (χ1) is 44.9. The number of nitrogens with zero attached hydrogens (tertiary/aromatic N) is 8. The first kappa shape index (κ1) is 54.9. The minimum atomic E-state index is 0.817. The number of hydrogen-bond donors (Lipinski definition) is 2. The van der Waals surface area contributed by atoms with Crippen molar-refractivity contribution in [3.05, 3.63) is 242 Å². The molecule has 92 heavy (non-hydrogen) atoms. The number of H-pyrrole nitrogens is 2. The average molecular weight is 1240 g/mol. The smallest absolute Gasteiger partial charge is 0.195 e. The van der Waals surface area contributed by atoms with Gasteiger partial charge in [0, 0.05) is 83.1 Å². The van der Waals surface area contributed by atoms with Gasteiger partial charge in [-0.25, -0.2) is 0 Å². The Labute approximate surface area is 533 Å². The van der Waals surface area contributed by atoms with Crippen molar-refractivity contribution in [3.63, 3.8) is 0 Å². The molecule has 16 heteroatoms. The van der Waals surface area contributed by atoms with Crippen molar-refractivity contribution < 1.29 is 36.4 Å². The summed E-state index contributed by atoms with van der Waals surface area (Å²) in [5.74, 6) is 0. The third-order valence-electron chi connectivity index (χ3n) is 18.0. The molecule has 0 unspecified atom stereocenters. The van der Waals surface area contributed by atoms with Crippen molar-refractivity contribution in [2.24, 2.45) is 28.2 Å². The highest BCUT2D eigenvalue weighted by atomic mass is 32.2. The van der Waals surface area contributed by atoms with Gasteiger partial charge in [-0.05, 0) is 123 Å². The van der Waals surface area contributed by atoms with Crippen LogP contribution >= 0.6 is 22.7 Å². The van der Waals surface area contributed by atoms with E-state index in [2.05, 4.69) is 214 Å². The monoisotopic (exact) mass is 1240 g/mol. The first-order valence-corrected chi connectivity index (χ1v) is 32.2. The lowest BCUT2D eigenvalue weighted by Crippen LogP contribution is -2.37. The van der Waals surface area contributed by atoms with Crippen LogP contribution in [0, 0.1) is 27.7 Å². The van der Waals surface area contributed by atoms with E-state index in [1.165, 1.54) is 79.3 Å².